The number of hydrogen-bond acceptors (Lipinski definition) is 4. The van der Waals surface area contributed by atoms with Crippen molar-refractivity contribution in [3.63, 3.8) is 0 Å². The van der Waals surface area contributed by atoms with Gasteiger partial charge in [-0.25, -0.2) is 8.42 Å². The number of sulfonamides is 1. The van der Waals surface area contributed by atoms with E-state index in [-0.39, 0.29) is 22.2 Å². The molecule has 0 aromatic heterocycles. The normalized spacial score (nSPS) is 14.5. The van der Waals surface area contributed by atoms with E-state index >= 15 is 0 Å². The maximum atomic E-state index is 12.5. The van der Waals surface area contributed by atoms with Gasteiger partial charge in [-0.3, -0.25) is 9.52 Å². The van der Waals surface area contributed by atoms with E-state index in [1.807, 2.05) is 0 Å². The van der Waals surface area contributed by atoms with Crippen LogP contribution in [0.4, 0.5) is 18.9 Å². The van der Waals surface area contributed by atoms with Crippen LogP contribution in [0.15, 0.2) is 53.4 Å². The van der Waals surface area contributed by atoms with Gasteiger partial charge in [0.15, 0.2) is 0 Å². The van der Waals surface area contributed by atoms with Crippen LogP contribution < -0.4 is 14.8 Å². The Morgan fingerprint density at radius 2 is 1.67 bits per heavy atom. The predicted molar refractivity (Wildman–Crippen MR) is 90.9 cm³/mol. The van der Waals surface area contributed by atoms with Crippen LogP contribution in [-0.2, 0) is 10.0 Å². The molecule has 0 radical (unpaired) electrons. The van der Waals surface area contributed by atoms with Gasteiger partial charge in [0.2, 0.25) is 0 Å². The third-order valence-electron chi connectivity index (χ3n) is 3.70. The summed E-state index contributed by atoms with van der Waals surface area (Å²) in [6.45, 7) is 0. The Labute approximate surface area is 153 Å². The number of benzene rings is 2. The topological polar surface area (TPSA) is 84.5 Å². The molecule has 1 aliphatic carbocycles. The molecular weight excluding hydrogens is 385 g/mol. The standard InChI is InChI=1S/C17H15F3N2O4S/c18-17(19,20)26-12-7-9-13(10-8-12)27(24,25)22-15-4-2-1-3-14(15)16(23)21-11-5-6-11/h1-4,7-11,22H,5-6H2,(H,21,23). The van der Waals surface area contributed by atoms with Gasteiger partial charge in [-0.05, 0) is 49.2 Å². The average molecular weight is 400 g/mol. The van der Waals surface area contributed by atoms with Crippen LogP contribution in [0.2, 0.25) is 0 Å². The van der Waals surface area contributed by atoms with Crippen LogP contribution in [0.25, 0.3) is 0 Å². The number of carbonyl (C=O) groups excluding carboxylic acids is 1. The van der Waals surface area contributed by atoms with Gasteiger partial charge in [0.05, 0.1) is 16.1 Å². The first-order chi connectivity index (χ1) is 12.6. The molecule has 1 aliphatic rings. The first-order valence-corrected chi connectivity index (χ1v) is 9.41. The van der Waals surface area contributed by atoms with E-state index < -0.39 is 28.0 Å². The average Bonchev–Trinajstić information content (AvgIpc) is 3.38. The summed E-state index contributed by atoms with van der Waals surface area (Å²) in [5.41, 5.74) is 0.233. The highest BCUT2D eigenvalue weighted by atomic mass is 32.2. The fourth-order valence-electron chi connectivity index (χ4n) is 2.29. The molecule has 2 aromatic rings. The van der Waals surface area contributed by atoms with Gasteiger partial charge in [0.1, 0.15) is 5.75 Å². The van der Waals surface area contributed by atoms with E-state index in [1.165, 1.54) is 12.1 Å². The van der Waals surface area contributed by atoms with Crippen LogP contribution in [0.3, 0.4) is 0 Å². The minimum Gasteiger partial charge on any atom is -0.406 e. The fourth-order valence-corrected chi connectivity index (χ4v) is 3.36. The molecule has 2 N–H and O–H groups in total. The number of alkyl halides is 3. The number of rotatable bonds is 6. The monoisotopic (exact) mass is 400 g/mol. The minimum atomic E-state index is -4.87. The SMILES string of the molecule is O=C(NC1CC1)c1ccccc1NS(=O)(=O)c1ccc(OC(F)(F)F)cc1. The van der Waals surface area contributed by atoms with E-state index in [1.54, 1.807) is 12.1 Å². The summed E-state index contributed by atoms with van der Waals surface area (Å²) in [7, 11) is -4.11. The quantitative estimate of drug-likeness (QED) is 0.780. The smallest absolute Gasteiger partial charge is 0.406 e. The van der Waals surface area contributed by atoms with E-state index in [4.69, 9.17) is 0 Å². The lowest BCUT2D eigenvalue weighted by atomic mass is 10.1. The Morgan fingerprint density at radius 1 is 1.04 bits per heavy atom. The molecule has 1 saturated carbocycles. The minimum absolute atomic E-state index is 0.0752. The summed E-state index contributed by atoms with van der Waals surface area (Å²) >= 11 is 0. The second kappa shape index (κ2) is 7.10. The molecule has 0 heterocycles. The van der Waals surface area contributed by atoms with Crippen molar-refractivity contribution in [2.24, 2.45) is 0 Å². The molecule has 0 spiro atoms. The molecule has 0 bridgehead atoms. The Kier molecular flexibility index (Phi) is 5.01. The van der Waals surface area contributed by atoms with E-state index in [9.17, 15) is 26.4 Å². The van der Waals surface area contributed by atoms with Gasteiger partial charge in [-0.2, -0.15) is 0 Å². The first-order valence-electron chi connectivity index (χ1n) is 7.92. The van der Waals surface area contributed by atoms with Crippen molar-refractivity contribution in [3.8, 4) is 5.75 Å². The number of amides is 1. The lowest BCUT2D eigenvalue weighted by molar-refractivity contribution is -0.274. The third-order valence-corrected chi connectivity index (χ3v) is 5.08. The zero-order chi connectivity index (χ0) is 19.7. The molecule has 3 rings (SSSR count). The van der Waals surface area contributed by atoms with Crippen molar-refractivity contribution in [1.82, 2.24) is 5.32 Å². The van der Waals surface area contributed by atoms with Crippen LogP contribution in [0.5, 0.6) is 5.75 Å². The van der Waals surface area contributed by atoms with Crippen LogP contribution >= 0.6 is 0 Å². The summed E-state index contributed by atoms with van der Waals surface area (Å²) in [6.07, 6.45) is -3.11. The van der Waals surface area contributed by atoms with Crippen molar-refractivity contribution in [2.75, 3.05) is 4.72 Å². The third kappa shape index (κ3) is 5.13. The summed E-state index contributed by atoms with van der Waals surface area (Å²) in [5.74, 6) is -0.935. The van der Waals surface area contributed by atoms with Crippen molar-refractivity contribution in [3.05, 3.63) is 54.1 Å². The second-order valence-electron chi connectivity index (χ2n) is 5.92. The predicted octanol–water partition coefficient (Wildman–Crippen LogP) is 3.28. The summed E-state index contributed by atoms with van der Waals surface area (Å²) in [5, 5.41) is 2.77. The number of anilines is 1. The molecular formula is C17H15F3N2O4S. The molecule has 1 amide bonds. The maximum Gasteiger partial charge on any atom is 0.573 e. The van der Waals surface area contributed by atoms with Crippen LogP contribution in [0.1, 0.15) is 23.2 Å². The highest BCUT2D eigenvalue weighted by Crippen LogP contribution is 2.26. The summed E-state index contributed by atoms with van der Waals surface area (Å²) < 4.78 is 67.6. The molecule has 0 aliphatic heterocycles. The number of halogens is 3. The van der Waals surface area contributed by atoms with Gasteiger partial charge in [0.25, 0.3) is 15.9 Å². The molecule has 144 valence electrons. The van der Waals surface area contributed by atoms with Crippen LogP contribution in [-0.4, -0.2) is 26.7 Å². The first kappa shape index (κ1) is 19.0. The number of carbonyl (C=O) groups is 1. The van der Waals surface area contributed by atoms with Crippen LogP contribution in [0, 0.1) is 0 Å². The number of nitrogens with one attached hydrogen (secondary N) is 2. The molecule has 2 aromatic carbocycles. The number of hydrogen-bond donors (Lipinski definition) is 2. The zero-order valence-corrected chi connectivity index (χ0v) is 14.6. The largest absolute Gasteiger partial charge is 0.573 e. The highest BCUT2D eigenvalue weighted by Gasteiger charge is 2.31. The molecule has 1 fully saturated rings. The van der Waals surface area contributed by atoms with Crippen molar-refractivity contribution < 1.29 is 31.1 Å². The van der Waals surface area contributed by atoms with Gasteiger partial charge in [-0.1, -0.05) is 12.1 Å². The molecule has 0 unspecified atom stereocenters. The molecule has 0 saturated heterocycles. The number of ether oxygens (including phenoxy) is 1. The van der Waals surface area contributed by atoms with Crippen molar-refractivity contribution in [2.45, 2.75) is 30.1 Å². The van der Waals surface area contributed by atoms with E-state index in [0.717, 1.165) is 37.1 Å². The van der Waals surface area contributed by atoms with Crippen molar-refractivity contribution >= 4 is 21.6 Å². The lowest BCUT2D eigenvalue weighted by Crippen LogP contribution is -2.27. The summed E-state index contributed by atoms with van der Waals surface area (Å²) in [4.78, 5) is 12.0. The van der Waals surface area contributed by atoms with Gasteiger partial charge < -0.3 is 10.1 Å². The molecule has 6 nitrogen and oxygen atoms in total. The maximum absolute atomic E-state index is 12.5. The van der Waals surface area contributed by atoms with Gasteiger partial charge in [-0.15, -0.1) is 13.2 Å². The Hall–Kier alpha value is -2.75. The lowest BCUT2D eigenvalue weighted by Gasteiger charge is -2.13. The highest BCUT2D eigenvalue weighted by molar-refractivity contribution is 7.92. The molecule has 10 heteroatoms. The van der Waals surface area contributed by atoms with Gasteiger partial charge in [0, 0.05) is 6.04 Å². The Balaban J connectivity index is 1.79. The van der Waals surface area contributed by atoms with E-state index in [2.05, 4.69) is 14.8 Å². The molecule has 27 heavy (non-hydrogen) atoms. The Bertz CT molecular complexity index is 939. The second-order valence-corrected chi connectivity index (χ2v) is 7.60. The summed E-state index contributed by atoms with van der Waals surface area (Å²) in [6, 6.07) is 9.93. The fraction of sp³-hybridized carbons (Fsp3) is 0.235. The molecule has 0 atom stereocenters. The number of para-hydroxylation sites is 1. The van der Waals surface area contributed by atoms with Crippen molar-refractivity contribution in [1.29, 1.82) is 0 Å². The van der Waals surface area contributed by atoms with Gasteiger partial charge >= 0.3 is 6.36 Å². The Morgan fingerprint density at radius 3 is 2.26 bits per heavy atom. The zero-order valence-electron chi connectivity index (χ0n) is 13.8. The van der Waals surface area contributed by atoms with E-state index in [0.29, 0.717) is 0 Å².